The van der Waals surface area contributed by atoms with Crippen LogP contribution in [-0.2, 0) is 6.54 Å². The van der Waals surface area contributed by atoms with E-state index in [0.717, 1.165) is 28.3 Å². The SMILES string of the molecule is C[N+](C)(CCOc1ccccc1Cl)Cc1cccc(Cl)c1. The Morgan fingerprint density at radius 1 is 1.00 bits per heavy atom. The maximum Gasteiger partial charge on any atom is 0.138 e. The molecule has 0 heterocycles. The Labute approximate surface area is 136 Å². The highest BCUT2D eigenvalue weighted by Crippen LogP contribution is 2.23. The van der Waals surface area contributed by atoms with Gasteiger partial charge in [0, 0.05) is 10.6 Å². The molecule has 4 heteroatoms. The van der Waals surface area contributed by atoms with Gasteiger partial charge < -0.3 is 9.22 Å². The van der Waals surface area contributed by atoms with Crippen LogP contribution < -0.4 is 4.74 Å². The fourth-order valence-electron chi connectivity index (χ4n) is 2.17. The second-order valence-corrected chi connectivity index (χ2v) is 6.57. The van der Waals surface area contributed by atoms with Crippen molar-refractivity contribution in [2.75, 3.05) is 27.2 Å². The van der Waals surface area contributed by atoms with Crippen LogP contribution in [-0.4, -0.2) is 31.7 Å². The molecule has 0 N–H and O–H groups in total. The highest BCUT2D eigenvalue weighted by atomic mass is 35.5. The van der Waals surface area contributed by atoms with E-state index in [2.05, 4.69) is 20.2 Å². The number of hydrogen-bond donors (Lipinski definition) is 0. The normalized spacial score (nSPS) is 11.4. The van der Waals surface area contributed by atoms with Crippen LogP contribution in [0.5, 0.6) is 5.75 Å². The van der Waals surface area contributed by atoms with Crippen molar-refractivity contribution in [2.24, 2.45) is 0 Å². The molecule has 0 saturated heterocycles. The van der Waals surface area contributed by atoms with Gasteiger partial charge in [0.05, 0.1) is 19.1 Å². The second kappa shape index (κ2) is 7.17. The molecule has 2 aromatic carbocycles. The van der Waals surface area contributed by atoms with Gasteiger partial charge in [-0.3, -0.25) is 0 Å². The molecule has 2 nitrogen and oxygen atoms in total. The molecule has 21 heavy (non-hydrogen) atoms. The molecule has 0 aliphatic carbocycles. The fourth-order valence-corrected chi connectivity index (χ4v) is 2.58. The topological polar surface area (TPSA) is 9.23 Å². The quantitative estimate of drug-likeness (QED) is 0.703. The predicted molar refractivity (Wildman–Crippen MR) is 89.1 cm³/mol. The van der Waals surface area contributed by atoms with Gasteiger partial charge in [-0.2, -0.15) is 0 Å². The summed E-state index contributed by atoms with van der Waals surface area (Å²) in [7, 11) is 4.35. The minimum absolute atomic E-state index is 0.622. The molecule has 0 aliphatic rings. The van der Waals surface area contributed by atoms with E-state index in [4.69, 9.17) is 27.9 Å². The van der Waals surface area contributed by atoms with Crippen LogP contribution in [0, 0.1) is 0 Å². The summed E-state index contributed by atoms with van der Waals surface area (Å²) in [6.45, 7) is 2.42. The lowest BCUT2D eigenvalue weighted by Crippen LogP contribution is -2.42. The highest BCUT2D eigenvalue weighted by molar-refractivity contribution is 6.32. The monoisotopic (exact) mass is 324 g/mol. The molecule has 2 rings (SSSR count). The van der Waals surface area contributed by atoms with Crippen molar-refractivity contribution in [3.8, 4) is 5.75 Å². The Balaban J connectivity index is 1.88. The maximum absolute atomic E-state index is 6.08. The molecular formula is C17H20Cl2NO+. The molecule has 0 aliphatic heterocycles. The molecule has 0 amide bonds. The third-order valence-corrected chi connectivity index (χ3v) is 3.84. The average molecular weight is 325 g/mol. The number of para-hydroxylation sites is 1. The van der Waals surface area contributed by atoms with Crippen molar-refractivity contribution in [2.45, 2.75) is 6.54 Å². The van der Waals surface area contributed by atoms with E-state index in [9.17, 15) is 0 Å². The van der Waals surface area contributed by atoms with Gasteiger partial charge in [-0.1, -0.05) is 47.5 Å². The van der Waals surface area contributed by atoms with E-state index in [-0.39, 0.29) is 0 Å². The van der Waals surface area contributed by atoms with Gasteiger partial charge in [0.15, 0.2) is 0 Å². The van der Waals surface area contributed by atoms with E-state index < -0.39 is 0 Å². The average Bonchev–Trinajstić information content (AvgIpc) is 2.40. The van der Waals surface area contributed by atoms with Gasteiger partial charge in [-0.05, 0) is 24.3 Å². The molecule has 0 unspecified atom stereocenters. The zero-order chi connectivity index (χ0) is 15.3. The van der Waals surface area contributed by atoms with Gasteiger partial charge >= 0.3 is 0 Å². The molecule has 0 spiro atoms. The number of nitrogens with zero attached hydrogens (tertiary/aromatic N) is 1. The molecule has 0 radical (unpaired) electrons. The molecule has 2 aromatic rings. The van der Waals surface area contributed by atoms with Crippen LogP contribution in [0.3, 0.4) is 0 Å². The van der Waals surface area contributed by atoms with Gasteiger partial charge in [0.2, 0.25) is 0 Å². The summed E-state index contributed by atoms with van der Waals surface area (Å²) in [4.78, 5) is 0. The van der Waals surface area contributed by atoms with Crippen molar-refractivity contribution in [1.82, 2.24) is 0 Å². The molecule has 0 atom stereocenters. The Bertz CT molecular complexity index is 599. The highest BCUT2D eigenvalue weighted by Gasteiger charge is 2.16. The molecule has 0 aromatic heterocycles. The Morgan fingerprint density at radius 3 is 2.48 bits per heavy atom. The molecule has 0 bridgehead atoms. The van der Waals surface area contributed by atoms with Gasteiger partial charge in [-0.25, -0.2) is 0 Å². The molecular weight excluding hydrogens is 305 g/mol. The van der Waals surface area contributed by atoms with E-state index in [1.807, 2.05) is 42.5 Å². The molecule has 0 saturated carbocycles. The number of ether oxygens (including phenoxy) is 1. The summed E-state index contributed by atoms with van der Waals surface area (Å²) < 4.78 is 6.58. The minimum atomic E-state index is 0.622. The predicted octanol–water partition coefficient (Wildman–Crippen LogP) is 4.65. The van der Waals surface area contributed by atoms with Gasteiger partial charge in [0.1, 0.15) is 25.4 Å². The summed E-state index contributed by atoms with van der Waals surface area (Å²) in [6.07, 6.45) is 0. The van der Waals surface area contributed by atoms with Crippen LogP contribution in [0.15, 0.2) is 48.5 Å². The Hall–Kier alpha value is -1.22. The van der Waals surface area contributed by atoms with Crippen LogP contribution in [0.25, 0.3) is 0 Å². The number of benzene rings is 2. The molecule has 0 fully saturated rings. The van der Waals surface area contributed by atoms with Crippen LogP contribution in [0.4, 0.5) is 0 Å². The number of likely N-dealkylation sites (N-methyl/N-ethyl adjacent to an activating group) is 1. The summed E-state index contributed by atoms with van der Waals surface area (Å²) in [5.74, 6) is 0.738. The van der Waals surface area contributed by atoms with Crippen molar-refractivity contribution in [3.05, 3.63) is 64.1 Å². The second-order valence-electron chi connectivity index (χ2n) is 5.73. The summed E-state index contributed by atoms with van der Waals surface area (Å²) in [6, 6.07) is 15.5. The van der Waals surface area contributed by atoms with Crippen molar-refractivity contribution in [3.63, 3.8) is 0 Å². The van der Waals surface area contributed by atoms with Gasteiger partial charge in [-0.15, -0.1) is 0 Å². The lowest BCUT2D eigenvalue weighted by Gasteiger charge is -2.29. The summed E-state index contributed by atoms with van der Waals surface area (Å²) in [5, 5.41) is 1.43. The van der Waals surface area contributed by atoms with Crippen molar-refractivity contribution in [1.29, 1.82) is 0 Å². The lowest BCUT2D eigenvalue weighted by molar-refractivity contribution is -0.903. The lowest BCUT2D eigenvalue weighted by atomic mass is 10.2. The first-order valence-corrected chi connectivity index (χ1v) is 7.66. The first-order valence-electron chi connectivity index (χ1n) is 6.90. The van der Waals surface area contributed by atoms with E-state index in [1.165, 1.54) is 5.56 Å². The number of halogens is 2. The first kappa shape index (κ1) is 16.2. The minimum Gasteiger partial charge on any atom is -0.486 e. The van der Waals surface area contributed by atoms with E-state index >= 15 is 0 Å². The van der Waals surface area contributed by atoms with E-state index in [0.29, 0.717) is 11.6 Å². The molecule has 112 valence electrons. The third kappa shape index (κ3) is 5.24. The van der Waals surface area contributed by atoms with Crippen molar-refractivity contribution >= 4 is 23.2 Å². The largest absolute Gasteiger partial charge is 0.486 e. The zero-order valence-corrected chi connectivity index (χ0v) is 13.9. The fraction of sp³-hybridized carbons (Fsp3) is 0.294. The van der Waals surface area contributed by atoms with Crippen LogP contribution >= 0.6 is 23.2 Å². The van der Waals surface area contributed by atoms with Crippen LogP contribution in [0.2, 0.25) is 10.0 Å². The number of hydrogen-bond acceptors (Lipinski definition) is 1. The van der Waals surface area contributed by atoms with Crippen LogP contribution in [0.1, 0.15) is 5.56 Å². The number of quaternary nitrogens is 1. The van der Waals surface area contributed by atoms with Gasteiger partial charge in [0.25, 0.3) is 0 Å². The zero-order valence-electron chi connectivity index (χ0n) is 12.4. The summed E-state index contributed by atoms with van der Waals surface area (Å²) >= 11 is 12.1. The Kier molecular flexibility index (Phi) is 5.51. The van der Waals surface area contributed by atoms with E-state index in [1.54, 1.807) is 0 Å². The standard InChI is InChI=1S/C17H20Cl2NO/c1-20(2,13-14-6-5-7-15(18)12-14)10-11-21-17-9-4-3-8-16(17)19/h3-9,12H,10-11,13H2,1-2H3/q+1. The number of rotatable bonds is 6. The third-order valence-electron chi connectivity index (χ3n) is 3.29. The van der Waals surface area contributed by atoms with Crippen molar-refractivity contribution < 1.29 is 9.22 Å². The maximum atomic E-state index is 6.08. The summed E-state index contributed by atoms with van der Waals surface area (Å²) in [5.41, 5.74) is 1.23. The smallest absolute Gasteiger partial charge is 0.138 e. The first-order chi connectivity index (χ1) is 9.96. The Morgan fingerprint density at radius 2 is 1.76 bits per heavy atom.